The number of hydrogen-bond acceptors (Lipinski definition) is 3. The average Bonchev–Trinajstić information content (AvgIpc) is 2.85. The Hall–Kier alpha value is -1.78. The summed E-state index contributed by atoms with van der Waals surface area (Å²) in [4.78, 5) is 15.2. The van der Waals surface area contributed by atoms with Gasteiger partial charge in [0.05, 0.1) is 18.6 Å². The van der Waals surface area contributed by atoms with E-state index >= 15 is 0 Å². The molecule has 1 saturated carbocycles. The minimum atomic E-state index is -0.184. The van der Waals surface area contributed by atoms with E-state index in [1.165, 1.54) is 11.8 Å². The van der Waals surface area contributed by atoms with Gasteiger partial charge in [0.2, 0.25) is 0 Å². The van der Waals surface area contributed by atoms with E-state index in [1.54, 1.807) is 13.0 Å². The third-order valence-corrected chi connectivity index (χ3v) is 3.88. The summed E-state index contributed by atoms with van der Waals surface area (Å²) in [6, 6.07) is 1.88. The molecule has 4 heteroatoms. The summed E-state index contributed by atoms with van der Waals surface area (Å²) in [5.41, 5.74) is 1.20. The van der Waals surface area contributed by atoms with Gasteiger partial charge in [-0.05, 0) is 17.9 Å². The van der Waals surface area contributed by atoms with Crippen LogP contribution in [-0.4, -0.2) is 11.0 Å². The van der Waals surface area contributed by atoms with Gasteiger partial charge in [-0.1, -0.05) is 12.2 Å². The number of fused-ring (bicyclic) bond motifs is 1. The topological polar surface area (TPSA) is 45.2 Å². The Morgan fingerprint density at radius 1 is 1.75 bits per heavy atom. The largest absolute Gasteiger partial charge is 0.294 e. The Labute approximate surface area is 98.0 Å². The maximum Gasteiger partial charge on any atom is 0.266 e. The van der Waals surface area contributed by atoms with Crippen LogP contribution in [0, 0.1) is 23.8 Å². The fraction of sp³-hybridized carbons (Fsp3) is 0.250. The van der Waals surface area contributed by atoms with Crippen LogP contribution in [0.25, 0.3) is 4.85 Å². The van der Waals surface area contributed by atoms with Crippen LogP contribution >= 0.6 is 11.8 Å². The smallest absolute Gasteiger partial charge is 0.266 e. The summed E-state index contributed by atoms with van der Waals surface area (Å²) in [5.74, 6) is -0.156. The second kappa shape index (κ2) is 4.00. The first-order valence-electron chi connectivity index (χ1n) is 4.79. The molecule has 2 aliphatic rings. The van der Waals surface area contributed by atoms with E-state index in [4.69, 9.17) is 11.8 Å². The van der Waals surface area contributed by atoms with Crippen molar-refractivity contribution in [2.75, 3.05) is 0 Å². The van der Waals surface area contributed by atoms with Gasteiger partial charge in [-0.2, -0.15) is 0 Å². The van der Waals surface area contributed by atoms with Crippen molar-refractivity contribution in [1.29, 1.82) is 5.26 Å². The molecule has 2 rings (SSSR count). The van der Waals surface area contributed by atoms with E-state index in [-0.39, 0.29) is 22.6 Å². The number of nitrogens with zero attached hydrogens (tertiary/aromatic N) is 2. The monoisotopic (exact) mass is 228 g/mol. The summed E-state index contributed by atoms with van der Waals surface area (Å²) < 4.78 is 0. The lowest BCUT2D eigenvalue weighted by Gasteiger charge is -2.07. The van der Waals surface area contributed by atoms with Crippen LogP contribution in [0.1, 0.15) is 6.92 Å². The van der Waals surface area contributed by atoms with Crippen LogP contribution in [0.3, 0.4) is 0 Å². The summed E-state index contributed by atoms with van der Waals surface area (Å²) >= 11 is 1.51. The standard InChI is InChI=1S/C12H8N2OS/c1-3-7-10(9(6-13)14-2)12-8(11(7)15)4-5-16-12/h3-5,8,12H,1H3/b7-3-,10-9+. The number of rotatable bonds is 0. The quantitative estimate of drug-likeness (QED) is 0.363. The van der Waals surface area contributed by atoms with Gasteiger partial charge in [0.1, 0.15) is 0 Å². The maximum atomic E-state index is 12.0. The third-order valence-electron chi connectivity index (χ3n) is 2.74. The minimum absolute atomic E-state index is 0.0279. The molecule has 16 heavy (non-hydrogen) atoms. The van der Waals surface area contributed by atoms with Crippen LogP contribution in [0.4, 0.5) is 0 Å². The molecule has 0 aromatic heterocycles. The number of allylic oxidation sites excluding steroid dienone is 4. The van der Waals surface area contributed by atoms with Crippen LogP contribution in [0.15, 0.2) is 34.4 Å². The van der Waals surface area contributed by atoms with Gasteiger partial charge in [0, 0.05) is 10.8 Å². The summed E-state index contributed by atoms with van der Waals surface area (Å²) in [5, 5.41) is 10.7. The van der Waals surface area contributed by atoms with Gasteiger partial charge >= 0.3 is 0 Å². The molecular weight excluding hydrogens is 220 g/mol. The fourth-order valence-electron chi connectivity index (χ4n) is 2.04. The molecule has 3 nitrogen and oxygen atoms in total. The van der Waals surface area contributed by atoms with Crippen LogP contribution in [0.5, 0.6) is 0 Å². The molecule has 1 aliphatic carbocycles. The van der Waals surface area contributed by atoms with Crippen molar-refractivity contribution < 1.29 is 4.79 Å². The average molecular weight is 228 g/mol. The summed E-state index contributed by atoms with van der Waals surface area (Å²) in [6.45, 7) is 8.75. The van der Waals surface area contributed by atoms with Crippen LogP contribution < -0.4 is 0 Å². The number of Topliss-reactive ketones (excluding diaryl/α,β-unsaturated/α-hetero) is 1. The zero-order chi connectivity index (χ0) is 11.7. The highest BCUT2D eigenvalue weighted by atomic mass is 32.2. The second-order valence-electron chi connectivity index (χ2n) is 3.46. The normalized spacial score (nSPS) is 32.4. The van der Waals surface area contributed by atoms with E-state index in [1.807, 2.05) is 17.6 Å². The first-order chi connectivity index (χ1) is 7.74. The predicted octanol–water partition coefficient (Wildman–Crippen LogP) is 2.46. The van der Waals surface area contributed by atoms with Crippen molar-refractivity contribution in [3.63, 3.8) is 0 Å². The lowest BCUT2D eigenvalue weighted by molar-refractivity contribution is -0.116. The molecule has 0 aromatic carbocycles. The van der Waals surface area contributed by atoms with Gasteiger partial charge in [0.15, 0.2) is 5.78 Å². The predicted molar refractivity (Wildman–Crippen MR) is 62.0 cm³/mol. The summed E-state index contributed by atoms with van der Waals surface area (Å²) in [6.07, 6.45) is 3.56. The van der Waals surface area contributed by atoms with E-state index in [0.29, 0.717) is 11.1 Å². The Kier molecular flexibility index (Phi) is 2.68. The van der Waals surface area contributed by atoms with Crippen molar-refractivity contribution >= 4 is 17.5 Å². The number of hydrogen-bond donors (Lipinski definition) is 0. The molecule has 0 radical (unpaired) electrons. The molecule has 0 bridgehead atoms. The van der Waals surface area contributed by atoms with Crippen LogP contribution in [0.2, 0.25) is 0 Å². The first kappa shape index (κ1) is 10.7. The van der Waals surface area contributed by atoms with Crippen molar-refractivity contribution in [2.24, 2.45) is 5.92 Å². The zero-order valence-corrected chi connectivity index (χ0v) is 9.41. The van der Waals surface area contributed by atoms with Crippen molar-refractivity contribution in [1.82, 2.24) is 0 Å². The number of ketones is 1. The molecule has 78 valence electrons. The van der Waals surface area contributed by atoms with Gasteiger partial charge < -0.3 is 0 Å². The Morgan fingerprint density at radius 3 is 3.06 bits per heavy atom. The van der Waals surface area contributed by atoms with Gasteiger partial charge in [-0.15, -0.1) is 11.8 Å². The molecule has 1 heterocycles. The number of thioether (sulfide) groups is 1. The van der Waals surface area contributed by atoms with E-state index in [0.717, 1.165) is 0 Å². The molecule has 0 aromatic rings. The van der Waals surface area contributed by atoms with E-state index in [2.05, 4.69) is 4.85 Å². The third kappa shape index (κ3) is 1.31. The van der Waals surface area contributed by atoms with Crippen LogP contribution in [-0.2, 0) is 4.79 Å². The minimum Gasteiger partial charge on any atom is -0.294 e. The Bertz CT molecular complexity index is 512. The highest BCUT2D eigenvalue weighted by Gasteiger charge is 2.44. The fourth-order valence-corrected chi connectivity index (χ4v) is 3.23. The van der Waals surface area contributed by atoms with Crippen molar-refractivity contribution in [2.45, 2.75) is 12.2 Å². The molecule has 0 amide bonds. The zero-order valence-electron chi connectivity index (χ0n) is 8.60. The van der Waals surface area contributed by atoms with Crippen molar-refractivity contribution in [3.05, 3.63) is 45.8 Å². The van der Waals surface area contributed by atoms with Gasteiger partial charge in [-0.25, -0.2) is 10.1 Å². The summed E-state index contributed by atoms with van der Waals surface area (Å²) in [7, 11) is 0. The molecule has 2 unspecified atom stereocenters. The first-order valence-corrected chi connectivity index (χ1v) is 5.73. The number of carbonyl (C=O) groups excluding carboxylic acids is 1. The van der Waals surface area contributed by atoms with Gasteiger partial charge in [-0.3, -0.25) is 4.79 Å². The number of carbonyl (C=O) groups is 1. The second-order valence-corrected chi connectivity index (χ2v) is 4.52. The molecule has 1 aliphatic heterocycles. The molecule has 2 atom stereocenters. The Morgan fingerprint density at radius 2 is 2.50 bits per heavy atom. The SMILES string of the molecule is [C-]#[N+]/C(C#N)=C1\C(=C\C)C(=O)C2C=CSC12. The Balaban J connectivity index is 2.63. The lowest BCUT2D eigenvalue weighted by atomic mass is 10.1. The molecule has 0 spiro atoms. The number of nitriles is 1. The molecular formula is C12H8N2OS. The highest BCUT2D eigenvalue weighted by Crippen LogP contribution is 2.47. The molecule has 0 N–H and O–H groups in total. The van der Waals surface area contributed by atoms with E-state index < -0.39 is 0 Å². The van der Waals surface area contributed by atoms with Crippen molar-refractivity contribution in [3.8, 4) is 6.07 Å². The lowest BCUT2D eigenvalue weighted by Crippen LogP contribution is -2.10. The molecule has 1 fully saturated rings. The highest BCUT2D eigenvalue weighted by molar-refractivity contribution is 8.03. The van der Waals surface area contributed by atoms with Gasteiger partial charge in [0.25, 0.3) is 5.70 Å². The molecule has 0 saturated heterocycles. The maximum absolute atomic E-state index is 12.0. The van der Waals surface area contributed by atoms with E-state index in [9.17, 15) is 4.79 Å².